The lowest BCUT2D eigenvalue weighted by Gasteiger charge is -2.06. The maximum atomic E-state index is 11.9. The number of ether oxygens (including phenoxy) is 1. The van der Waals surface area contributed by atoms with E-state index in [9.17, 15) is 4.79 Å². The number of halogens is 1. The summed E-state index contributed by atoms with van der Waals surface area (Å²) >= 11 is 5.89. The highest BCUT2D eigenvalue weighted by molar-refractivity contribution is 6.30. The molecule has 31 heavy (non-hydrogen) atoms. The summed E-state index contributed by atoms with van der Waals surface area (Å²) in [7, 11) is 0. The number of hydrogen-bond donors (Lipinski definition) is 1. The minimum atomic E-state index is -0.0258. The predicted molar refractivity (Wildman–Crippen MR) is 130 cm³/mol. The molecule has 1 N–H and O–H groups in total. The predicted octanol–water partition coefficient (Wildman–Crippen LogP) is 7.29. The van der Waals surface area contributed by atoms with Crippen LogP contribution in [0, 0.1) is 0 Å². The summed E-state index contributed by atoms with van der Waals surface area (Å²) < 4.78 is 5.77. The number of amides is 1. The zero-order valence-electron chi connectivity index (χ0n) is 18.6. The molecular formula is C26H35ClN2O2. The molecular weight excluding hydrogens is 408 g/mol. The number of nitrogens with one attached hydrogen (secondary N) is 1. The molecule has 0 aliphatic carbocycles. The zero-order valence-corrected chi connectivity index (χ0v) is 19.4. The van der Waals surface area contributed by atoms with E-state index in [1.54, 1.807) is 6.21 Å². The fourth-order valence-corrected chi connectivity index (χ4v) is 3.35. The van der Waals surface area contributed by atoms with Gasteiger partial charge in [0.05, 0.1) is 6.21 Å². The van der Waals surface area contributed by atoms with Crippen molar-refractivity contribution in [3.8, 4) is 5.75 Å². The summed E-state index contributed by atoms with van der Waals surface area (Å²) in [6.07, 6.45) is 13.4. The molecule has 0 aliphatic rings. The van der Waals surface area contributed by atoms with Gasteiger partial charge in [-0.1, -0.05) is 82.0 Å². The minimum absolute atomic E-state index is 0.0258. The molecule has 0 aromatic heterocycles. The van der Waals surface area contributed by atoms with Crippen molar-refractivity contribution in [3.63, 3.8) is 0 Å². The first-order valence-electron chi connectivity index (χ1n) is 11.5. The summed E-state index contributed by atoms with van der Waals surface area (Å²) in [5.74, 6) is 0.753. The summed E-state index contributed by atoms with van der Waals surface area (Å²) in [6.45, 7) is 2.73. The lowest BCUT2D eigenvalue weighted by atomic mass is 10.1. The quantitative estimate of drug-likeness (QED) is 0.179. The van der Waals surface area contributed by atoms with Gasteiger partial charge >= 0.3 is 0 Å². The standard InChI is InChI=1S/C26H35ClN2O2/c1-2-3-4-5-6-7-8-9-10-11-26(30)29-28-20-22-14-18-25(19-15-22)31-21-23-12-16-24(27)17-13-23/h12-20H,2-11,21H2,1H3,(H,29,30)/b28-20+. The highest BCUT2D eigenvalue weighted by atomic mass is 35.5. The van der Waals surface area contributed by atoms with Gasteiger partial charge in [-0.2, -0.15) is 5.10 Å². The van der Waals surface area contributed by atoms with E-state index in [1.165, 1.54) is 44.9 Å². The summed E-state index contributed by atoms with van der Waals surface area (Å²) in [4.78, 5) is 11.9. The SMILES string of the molecule is CCCCCCCCCCCC(=O)N/N=C/c1ccc(OCc2ccc(Cl)cc2)cc1. The van der Waals surface area contributed by atoms with Gasteiger partial charge in [-0.15, -0.1) is 0 Å². The molecule has 0 spiro atoms. The average Bonchev–Trinajstić information content (AvgIpc) is 2.78. The Balaban J connectivity index is 1.56. The molecule has 0 bridgehead atoms. The molecule has 2 aromatic rings. The first-order chi connectivity index (χ1) is 15.2. The van der Waals surface area contributed by atoms with Crippen molar-refractivity contribution in [2.45, 2.75) is 77.7 Å². The molecule has 168 valence electrons. The highest BCUT2D eigenvalue weighted by Crippen LogP contribution is 2.15. The Kier molecular flexibility index (Phi) is 12.4. The normalized spacial score (nSPS) is 11.0. The first kappa shape index (κ1) is 24.9. The minimum Gasteiger partial charge on any atom is -0.489 e. The smallest absolute Gasteiger partial charge is 0.240 e. The molecule has 0 unspecified atom stereocenters. The van der Waals surface area contributed by atoms with Crippen molar-refractivity contribution in [1.29, 1.82) is 0 Å². The summed E-state index contributed by atoms with van der Waals surface area (Å²) in [5, 5.41) is 4.77. The fourth-order valence-electron chi connectivity index (χ4n) is 3.23. The van der Waals surface area contributed by atoms with Crippen LogP contribution in [0.3, 0.4) is 0 Å². The van der Waals surface area contributed by atoms with Gasteiger partial charge in [0, 0.05) is 11.4 Å². The molecule has 2 aromatic carbocycles. The molecule has 0 atom stereocenters. The molecule has 0 radical (unpaired) electrons. The van der Waals surface area contributed by atoms with Gasteiger partial charge in [0.25, 0.3) is 0 Å². The monoisotopic (exact) mass is 442 g/mol. The van der Waals surface area contributed by atoms with Gasteiger partial charge in [-0.3, -0.25) is 4.79 Å². The van der Waals surface area contributed by atoms with Crippen LogP contribution < -0.4 is 10.2 Å². The van der Waals surface area contributed by atoms with E-state index < -0.39 is 0 Å². The number of carbonyl (C=O) groups is 1. The topological polar surface area (TPSA) is 50.7 Å². The fraction of sp³-hybridized carbons (Fsp3) is 0.462. The molecule has 0 aliphatic heterocycles. The van der Waals surface area contributed by atoms with E-state index in [-0.39, 0.29) is 5.91 Å². The third-order valence-corrected chi connectivity index (χ3v) is 5.36. The van der Waals surface area contributed by atoms with Gasteiger partial charge < -0.3 is 4.74 Å². The third-order valence-electron chi connectivity index (χ3n) is 5.11. The number of hydrazone groups is 1. The Hall–Kier alpha value is -2.33. The number of rotatable bonds is 15. The van der Waals surface area contributed by atoms with E-state index in [4.69, 9.17) is 16.3 Å². The Labute approximate surface area is 192 Å². The van der Waals surface area contributed by atoms with Crippen LogP contribution in [0.5, 0.6) is 5.75 Å². The second-order valence-electron chi connectivity index (χ2n) is 7.86. The van der Waals surface area contributed by atoms with E-state index in [1.807, 2.05) is 48.5 Å². The van der Waals surface area contributed by atoms with Crippen LogP contribution in [0.1, 0.15) is 82.3 Å². The number of benzene rings is 2. The maximum Gasteiger partial charge on any atom is 0.240 e. The van der Waals surface area contributed by atoms with Gasteiger partial charge in [-0.25, -0.2) is 5.43 Å². The largest absolute Gasteiger partial charge is 0.489 e. The summed E-state index contributed by atoms with van der Waals surface area (Å²) in [5.41, 5.74) is 4.58. The van der Waals surface area contributed by atoms with Crippen LogP contribution in [0.4, 0.5) is 0 Å². The van der Waals surface area contributed by atoms with Crippen molar-refractivity contribution in [3.05, 3.63) is 64.7 Å². The Morgan fingerprint density at radius 3 is 2.16 bits per heavy atom. The van der Waals surface area contributed by atoms with Crippen LogP contribution in [0.15, 0.2) is 53.6 Å². The molecule has 0 saturated heterocycles. The lowest BCUT2D eigenvalue weighted by molar-refractivity contribution is -0.121. The van der Waals surface area contributed by atoms with Crippen molar-refractivity contribution in [2.75, 3.05) is 0 Å². The Morgan fingerprint density at radius 1 is 0.903 bits per heavy atom. The van der Waals surface area contributed by atoms with Gasteiger partial charge in [0.2, 0.25) is 5.91 Å². The van der Waals surface area contributed by atoms with E-state index in [0.717, 1.165) is 29.7 Å². The number of hydrogen-bond acceptors (Lipinski definition) is 3. The second-order valence-corrected chi connectivity index (χ2v) is 8.29. The van der Waals surface area contributed by atoms with Crippen molar-refractivity contribution in [1.82, 2.24) is 5.43 Å². The second kappa shape index (κ2) is 15.5. The maximum absolute atomic E-state index is 11.9. The average molecular weight is 443 g/mol. The molecule has 0 fully saturated rings. The molecule has 4 nitrogen and oxygen atoms in total. The van der Waals surface area contributed by atoms with E-state index >= 15 is 0 Å². The van der Waals surface area contributed by atoms with Gasteiger partial charge in [0.15, 0.2) is 0 Å². The van der Waals surface area contributed by atoms with Crippen LogP contribution >= 0.6 is 11.6 Å². The molecule has 5 heteroatoms. The molecule has 2 rings (SSSR count). The first-order valence-corrected chi connectivity index (χ1v) is 11.8. The van der Waals surface area contributed by atoms with Crippen LogP contribution in [-0.2, 0) is 11.4 Å². The Morgan fingerprint density at radius 2 is 1.52 bits per heavy atom. The number of unbranched alkanes of at least 4 members (excludes halogenated alkanes) is 8. The van der Waals surface area contributed by atoms with Crippen LogP contribution in [0.2, 0.25) is 5.02 Å². The van der Waals surface area contributed by atoms with Gasteiger partial charge in [-0.05, 0) is 53.9 Å². The lowest BCUT2D eigenvalue weighted by Crippen LogP contribution is -2.16. The number of nitrogens with zero attached hydrogens (tertiary/aromatic N) is 1. The molecule has 0 saturated carbocycles. The van der Waals surface area contributed by atoms with E-state index in [2.05, 4.69) is 17.5 Å². The van der Waals surface area contributed by atoms with Crippen LogP contribution in [0.25, 0.3) is 0 Å². The third kappa shape index (κ3) is 11.6. The highest BCUT2D eigenvalue weighted by Gasteiger charge is 2.00. The van der Waals surface area contributed by atoms with Crippen molar-refractivity contribution >= 4 is 23.7 Å². The van der Waals surface area contributed by atoms with Crippen LogP contribution in [-0.4, -0.2) is 12.1 Å². The number of carbonyl (C=O) groups excluding carboxylic acids is 1. The zero-order chi connectivity index (χ0) is 22.2. The summed E-state index contributed by atoms with van der Waals surface area (Å²) in [6, 6.07) is 15.2. The van der Waals surface area contributed by atoms with Gasteiger partial charge in [0.1, 0.15) is 12.4 Å². The molecule has 1 amide bonds. The van der Waals surface area contributed by atoms with E-state index in [0.29, 0.717) is 18.1 Å². The Bertz CT molecular complexity index is 773. The van der Waals surface area contributed by atoms with Crippen molar-refractivity contribution in [2.24, 2.45) is 5.10 Å². The van der Waals surface area contributed by atoms with Crippen molar-refractivity contribution < 1.29 is 9.53 Å². The molecule has 0 heterocycles.